The zero-order valence-electron chi connectivity index (χ0n) is 16.3. The Morgan fingerprint density at radius 2 is 2.17 bits per heavy atom. The summed E-state index contributed by atoms with van der Waals surface area (Å²) in [5.74, 6) is 1.01. The fourth-order valence-corrected chi connectivity index (χ4v) is 3.19. The lowest BCUT2D eigenvalue weighted by Gasteiger charge is -2.10. The van der Waals surface area contributed by atoms with Crippen molar-refractivity contribution in [3.63, 3.8) is 0 Å². The van der Waals surface area contributed by atoms with E-state index in [4.69, 9.17) is 16.3 Å². The Morgan fingerprint density at radius 1 is 1.33 bits per heavy atom. The number of carbonyl (C=O) groups excluding carboxylic acids is 1. The van der Waals surface area contributed by atoms with Crippen molar-refractivity contribution in [3.8, 4) is 11.7 Å². The van der Waals surface area contributed by atoms with Crippen LogP contribution in [-0.2, 0) is 11.8 Å². The van der Waals surface area contributed by atoms with Crippen molar-refractivity contribution in [3.05, 3.63) is 60.5 Å². The minimum atomic E-state index is -0.269. The van der Waals surface area contributed by atoms with E-state index in [0.29, 0.717) is 34.0 Å². The second kappa shape index (κ2) is 7.88. The molecule has 9 nitrogen and oxygen atoms in total. The number of rotatable bonds is 6. The van der Waals surface area contributed by atoms with E-state index in [2.05, 4.69) is 32.3 Å². The Bertz CT molecular complexity index is 1260. The van der Waals surface area contributed by atoms with Gasteiger partial charge in [0.25, 0.3) is 5.88 Å². The van der Waals surface area contributed by atoms with E-state index in [9.17, 15) is 4.79 Å². The van der Waals surface area contributed by atoms with Crippen LogP contribution in [0.4, 0.5) is 17.3 Å². The van der Waals surface area contributed by atoms with Gasteiger partial charge in [-0.1, -0.05) is 18.2 Å². The molecule has 4 rings (SSSR count). The molecule has 1 aromatic carbocycles. The van der Waals surface area contributed by atoms with Gasteiger partial charge in [-0.05, 0) is 30.3 Å². The number of anilines is 3. The molecule has 0 spiro atoms. The second-order valence-corrected chi connectivity index (χ2v) is 6.78. The molecule has 4 aromatic rings. The van der Waals surface area contributed by atoms with E-state index >= 15 is 0 Å². The molecule has 0 bridgehead atoms. The van der Waals surface area contributed by atoms with Crippen LogP contribution in [-0.4, -0.2) is 37.3 Å². The minimum absolute atomic E-state index is 0.269. The van der Waals surface area contributed by atoms with Crippen LogP contribution in [0.3, 0.4) is 0 Å². The number of halogens is 1. The summed E-state index contributed by atoms with van der Waals surface area (Å²) in [4.78, 5) is 20.3. The number of hydrogen-bond acceptors (Lipinski definition) is 6. The number of nitrogens with zero attached hydrogens (tertiary/aromatic N) is 5. The Labute approximate surface area is 177 Å². The predicted octanol–water partition coefficient (Wildman–Crippen LogP) is 3.68. The van der Waals surface area contributed by atoms with E-state index in [1.165, 1.54) is 12.3 Å². The smallest absolute Gasteiger partial charge is 0.256 e. The molecule has 0 aliphatic rings. The molecule has 152 valence electrons. The lowest BCUT2D eigenvalue weighted by molar-refractivity contribution is -0.111. The molecule has 0 aliphatic carbocycles. The normalized spacial score (nSPS) is 10.8. The fraction of sp³-hybridized carbons (Fsp3) is 0.100. The van der Waals surface area contributed by atoms with Crippen LogP contribution in [0.15, 0.2) is 55.5 Å². The fourth-order valence-electron chi connectivity index (χ4n) is 3.01. The van der Waals surface area contributed by atoms with Gasteiger partial charge < -0.3 is 15.4 Å². The standard InChI is InChI=1S/C20H18ClN7O2/c1-4-17(29)23-13-5-6-16-12(9-13)7-8-28(16)18-14(21)10-22-20(25-18)24-15-11-27(2)26-19(15)30-3/h4-11H,1H2,2-3H3,(H,23,29)(H,22,24,25). The quantitative estimate of drug-likeness (QED) is 0.459. The minimum Gasteiger partial charge on any atom is -0.478 e. The number of benzene rings is 1. The Morgan fingerprint density at radius 3 is 2.93 bits per heavy atom. The third-order valence-electron chi connectivity index (χ3n) is 4.33. The van der Waals surface area contributed by atoms with Gasteiger partial charge in [0.05, 0.1) is 25.0 Å². The molecule has 0 unspecified atom stereocenters. The third kappa shape index (κ3) is 3.70. The largest absolute Gasteiger partial charge is 0.478 e. The van der Waals surface area contributed by atoms with Gasteiger partial charge in [-0.25, -0.2) is 4.98 Å². The van der Waals surface area contributed by atoms with Crippen molar-refractivity contribution in [2.45, 2.75) is 0 Å². The number of fused-ring (bicyclic) bond motifs is 1. The molecular formula is C20H18ClN7O2. The van der Waals surface area contributed by atoms with Crippen molar-refractivity contribution in [1.82, 2.24) is 24.3 Å². The molecule has 1 amide bonds. The maximum atomic E-state index is 11.5. The first-order valence-electron chi connectivity index (χ1n) is 8.90. The summed E-state index contributed by atoms with van der Waals surface area (Å²) < 4.78 is 8.73. The van der Waals surface area contributed by atoms with Crippen molar-refractivity contribution in [2.75, 3.05) is 17.7 Å². The van der Waals surface area contributed by atoms with Crippen molar-refractivity contribution < 1.29 is 9.53 Å². The molecule has 0 atom stereocenters. The molecule has 0 saturated carbocycles. The van der Waals surface area contributed by atoms with Gasteiger partial charge in [-0.2, -0.15) is 4.98 Å². The number of ether oxygens (including phenoxy) is 1. The van der Waals surface area contributed by atoms with E-state index in [1.54, 1.807) is 31.1 Å². The van der Waals surface area contributed by atoms with Gasteiger partial charge in [0.15, 0.2) is 5.82 Å². The van der Waals surface area contributed by atoms with Gasteiger partial charge in [-0.3, -0.25) is 14.0 Å². The third-order valence-corrected chi connectivity index (χ3v) is 4.60. The number of carbonyl (C=O) groups is 1. The van der Waals surface area contributed by atoms with Crippen LogP contribution in [0.5, 0.6) is 5.88 Å². The highest BCUT2D eigenvalue weighted by atomic mass is 35.5. The van der Waals surface area contributed by atoms with E-state index in [1.807, 2.05) is 29.0 Å². The van der Waals surface area contributed by atoms with E-state index in [-0.39, 0.29) is 5.91 Å². The topological polar surface area (TPSA) is 98.9 Å². The van der Waals surface area contributed by atoms with Gasteiger partial charge in [0.1, 0.15) is 10.7 Å². The molecule has 3 heterocycles. The first-order valence-corrected chi connectivity index (χ1v) is 9.28. The number of methoxy groups -OCH3 is 1. The number of aryl methyl sites for hydroxylation is 1. The molecular weight excluding hydrogens is 406 g/mol. The molecule has 0 radical (unpaired) electrons. The molecule has 2 N–H and O–H groups in total. The van der Waals surface area contributed by atoms with Gasteiger partial charge in [-0.15, -0.1) is 5.10 Å². The first-order chi connectivity index (χ1) is 14.5. The lowest BCUT2D eigenvalue weighted by Crippen LogP contribution is -2.07. The molecule has 0 aliphatic heterocycles. The summed E-state index contributed by atoms with van der Waals surface area (Å²) in [6.07, 6.45) is 6.37. The first kappa shape index (κ1) is 19.5. The van der Waals surface area contributed by atoms with Crippen LogP contribution in [0.25, 0.3) is 16.7 Å². The van der Waals surface area contributed by atoms with Crippen LogP contribution in [0.2, 0.25) is 5.02 Å². The molecule has 10 heteroatoms. The highest BCUT2D eigenvalue weighted by Crippen LogP contribution is 2.29. The number of nitrogens with one attached hydrogen (secondary N) is 2. The number of aromatic nitrogens is 5. The maximum Gasteiger partial charge on any atom is 0.256 e. The van der Waals surface area contributed by atoms with E-state index in [0.717, 1.165) is 10.9 Å². The van der Waals surface area contributed by atoms with E-state index < -0.39 is 0 Å². The summed E-state index contributed by atoms with van der Waals surface area (Å²) >= 11 is 6.39. The Hall–Kier alpha value is -3.85. The van der Waals surface area contributed by atoms with Crippen LogP contribution in [0, 0.1) is 0 Å². The van der Waals surface area contributed by atoms with Crippen LogP contribution >= 0.6 is 11.6 Å². The zero-order chi connectivity index (χ0) is 21.3. The van der Waals surface area contributed by atoms with Crippen molar-refractivity contribution in [2.24, 2.45) is 7.05 Å². The van der Waals surface area contributed by atoms with Crippen LogP contribution in [0.1, 0.15) is 0 Å². The average Bonchev–Trinajstić information content (AvgIpc) is 3.31. The highest BCUT2D eigenvalue weighted by Gasteiger charge is 2.14. The van der Waals surface area contributed by atoms with Crippen molar-refractivity contribution >= 4 is 45.7 Å². The average molecular weight is 424 g/mol. The van der Waals surface area contributed by atoms with Crippen molar-refractivity contribution in [1.29, 1.82) is 0 Å². The van der Waals surface area contributed by atoms with Crippen LogP contribution < -0.4 is 15.4 Å². The summed E-state index contributed by atoms with van der Waals surface area (Å²) in [6.45, 7) is 3.46. The maximum absolute atomic E-state index is 11.5. The molecule has 30 heavy (non-hydrogen) atoms. The molecule has 0 fully saturated rings. The second-order valence-electron chi connectivity index (χ2n) is 6.37. The molecule has 0 saturated heterocycles. The number of amides is 1. The summed E-state index contributed by atoms with van der Waals surface area (Å²) in [5.41, 5.74) is 2.18. The Kier molecular flexibility index (Phi) is 5.11. The SMILES string of the molecule is C=CC(=O)Nc1ccc2c(ccn2-c2nc(Nc3cn(C)nc3OC)ncc2Cl)c1. The summed E-state index contributed by atoms with van der Waals surface area (Å²) in [5, 5.41) is 11.3. The highest BCUT2D eigenvalue weighted by molar-refractivity contribution is 6.32. The monoisotopic (exact) mass is 423 g/mol. The summed E-state index contributed by atoms with van der Waals surface area (Å²) in [6, 6.07) is 7.45. The van der Waals surface area contributed by atoms with Gasteiger partial charge >= 0.3 is 0 Å². The summed E-state index contributed by atoms with van der Waals surface area (Å²) in [7, 11) is 3.33. The Balaban J connectivity index is 1.70. The predicted molar refractivity (Wildman–Crippen MR) is 116 cm³/mol. The van der Waals surface area contributed by atoms with Gasteiger partial charge in [0.2, 0.25) is 11.9 Å². The zero-order valence-corrected chi connectivity index (χ0v) is 17.0. The van der Waals surface area contributed by atoms with Gasteiger partial charge in [0, 0.05) is 24.3 Å². The number of hydrogen-bond donors (Lipinski definition) is 2. The molecule has 3 aromatic heterocycles. The lowest BCUT2D eigenvalue weighted by atomic mass is 10.2.